The van der Waals surface area contributed by atoms with Gasteiger partial charge in [-0.15, -0.1) is 12.4 Å². The Morgan fingerprint density at radius 3 is 2.72 bits per heavy atom. The third-order valence-corrected chi connectivity index (χ3v) is 2.91. The number of halogens is 2. The van der Waals surface area contributed by atoms with E-state index in [4.69, 9.17) is 5.11 Å². The molecule has 2 rings (SSSR count). The lowest BCUT2D eigenvalue weighted by Gasteiger charge is -2.25. The van der Waals surface area contributed by atoms with Crippen molar-refractivity contribution in [1.29, 1.82) is 0 Å². The van der Waals surface area contributed by atoms with Gasteiger partial charge in [-0.2, -0.15) is 0 Å². The van der Waals surface area contributed by atoms with Crippen molar-refractivity contribution in [3.8, 4) is 0 Å². The molecule has 1 aliphatic heterocycles. The van der Waals surface area contributed by atoms with Crippen molar-refractivity contribution >= 4 is 18.3 Å². The van der Waals surface area contributed by atoms with Crippen LogP contribution in [0.5, 0.6) is 0 Å². The van der Waals surface area contributed by atoms with Crippen LogP contribution < -0.4 is 10.6 Å². The second kappa shape index (κ2) is 6.68. The fourth-order valence-electron chi connectivity index (χ4n) is 1.64. The van der Waals surface area contributed by atoms with Crippen molar-refractivity contribution in [2.45, 2.75) is 13.2 Å². The minimum Gasteiger partial charge on any atom is -0.392 e. The molecule has 1 aromatic rings. The molecule has 1 amide bonds. The van der Waals surface area contributed by atoms with Gasteiger partial charge in [0.05, 0.1) is 12.5 Å². The van der Waals surface area contributed by atoms with E-state index in [1.54, 1.807) is 6.07 Å². The topological polar surface area (TPSA) is 61.4 Å². The van der Waals surface area contributed by atoms with E-state index in [2.05, 4.69) is 10.6 Å². The van der Waals surface area contributed by atoms with Crippen LogP contribution in [0.4, 0.5) is 4.39 Å². The highest BCUT2D eigenvalue weighted by Crippen LogP contribution is 2.11. The van der Waals surface area contributed by atoms with Gasteiger partial charge < -0.3 is 15.7 Å². The lowest BCUT2D eigenvalue weighted by Crippen LogP contribution is -2.50. The number of rotatable bonds is 4. The summed E-state index contributed by atoms with van der Waals surface area (Å²) in [6.07, 6.45) is 0. The second-order valence-corrected chi connectivity index (χ2v) is 4.16. The van der Waals surface area contributed by atoms with Gasteiger partial charge in [-0.1, -0.05) is 12.1 Å². The van der Waals surface area contributed by atoms with Crippen LogP contribution in [0.2, 0.25) is 0 Å². The molecule has 1 saturated heterocycles. The maximum absolute atomic E-state index is 13.3. The number of hydrogen-bond acceptors (Lipinski definition) is 3. The molecule has 4 nitrogen and oxygen atoms in total. The minimum absolute atomic E-state index is 0. The van der Waals surface area contributed by atoms with E-state index in [1.807, 2.05) is 0 Å². The summed E-state index contributed by atoms with van der Waals surface area (Å²) < 4.78 is 13.3. The zero-order chi connectivity index (χ0) is 12.3. The number of benzene rings is 1. The van der Waals surface area contributed by atoms with Crippen LogP contribution in [0, 0.1) is 11.7 Å². The minimum atomic E-state index is -0.440. The number of nitrogens with one attached hydrogen (secondary N) is 2. The SMILES string of the molecule is Cl.O=C(NCc1ccc(CO)c(F)c1)C1CNC1. The van der Waals surface area contributed by atoms with Gasteiger partial charge in [-0.05, 0) is 11.6 Å². The summed E-state index contributed by atoms with van der Waals surface area (Å²) in [5.74, 6) is -0.406. The first-order chi connectivity index (χ1) is 8.20. The Labute approximate surface area is 111 Å². The molecule has 0 atom stereocenters. The van der Waals surface area contributed by atoms with Crippen LogP contribution in [-0.2, 0) is 17.9 Å². The Balaban J connectivity index is 0.00000162. The molecule has 0 bridgehead atoms. The smallest absolute Gasteiger partial charge is 0.225 e. The number of amides is 1. The van der Waals surface area contributed by atoms with Crippen LogP contribution >= 0.6 is 12.4 Å². The fraction of sp³-hybridized carbons (Fsp3) is 0.417. The Morgan fingerprint density at radius 2 is 2.22 bits per heavy atom. The second-order valence-electron chi connectivity index (χ2n) is 4.16. The molecule has 0 saturated carbocycles. The van der Waals surface area contributed by atoms with E-state index in [-0.39, 0.29) is 36.4 Å². The third kappa shape index (κ3) is 3.41. The van der Waals surface area contributed by atoms with Crippen LogP contribution in [0.25, 0.3) is 0 Å². The molecule has 18 heavy (non-hydrogen) atoms. The van der Waals surface area contributed by atoms with Gasteiger partial charge in [-0.25, -0.2) is 4.39 Å². The van der Waals surface area contributed by atoms with Crippen molar-refractivity contribution < 1.29 is 14.3 Å². The third-order valence-electron chi connectivity index (χ3n) is 2.91. The highest BCUT2D eigenvalue weighted by molar-refractivity contribution is 5.85. The number of aliphatic hydroxyl groups is 1. The molecular formula is C12H16ClFN2O2. The Morgan fingerprint density at radius 1 is 1.50 bits per heavy atom. The molecule has 1 heterocycles. The van der Waals surface area contributed by atoms with E-state index >= 15 is 0 Å². The van der Waals surface area contributed by atoms with Gasteiger partial charge in [-0.3, -0.25) is 4.79 Å². The van der Waals surface area contributed by atoms with E-state index in [9.17, 15) is 9.18 Å². The summed E-state index contributed by atoms with van der Waals surface area (Å²) >= 11 is 0. The molecule has 1 fully saturated rings. The molecular weight excluding hydrogens is 259 g/mol. The van der Waals surface area contributed by atoms with Gasteiger partial charge >= 0.3 is 0 Å². The average Bonchev–Trinajstić information content (AvgIpc) is 2.24. The molecule has 0 spiro atoms. The molecule has 0 radical (unpaired) electrons. The predicted octanol–water partition coefficient (Wildman–Crippen LogP) is 0.575. The van der Waals surface area contributed by atoms with Gasteiger partial charge in [0, 0.05) is 25.2 Å². The van der Waals surface area contributed by atoms with Crippen molar-refractivity contribution in [2.75, 3.05) is 13.1 Å². The number of carbonyl (C=O) groups excluding carboxylic acids is 1. The van der Waals surface area contributed by atoms with Crippen molar-refractivity contribution in [3.63, 3.8) is 0 Å². The first-order valence-corrected chi connectivity index (χ1v) is 5.57. The number of carbonyl (C=O) groups is 1. The van der Waals surface area contributed by atoms with Gasteiger partial charge in [0.2, 0.25) is 5.91 Å². The first kappa shape index (κ1) is 14.9. The fourth-order valence-corrected chi connectivity index (χ4v) is 1.64. The largest absolute Gasteiger partial charge is 0.392 e. The first-order valence-electron chi connectivity index (χ1n) is 5.57. The normalized spacial score (nSPS) is 14.6. The Kier molecular flexibility index (Phi) is 5.53. The zero-order valence-corrected chi connectivity index (χ0v) is 10.6. The van der Waals surface area contributed by atoms with Gasteiger partial charge in [0.15, 0.2) is 0 Å². The highest BCUT2D eigenvalue weighted by Gasteiger charge is 2.24. The standard InChI is InChI=1S/C12H15FN2O2.ClH/c13-11-3-8(1-2-9(11)7-16)4-15-12(17)10-5-14-6-10;/h1-3,10,14,16H,4-7H2,(H,15,17);1H. The number of aliphatic hydroxyl groups excluding tert-OH is 1. The summed E-state index contributed by atoms with van der Waals surface area (Å²) in [6, 6.07) is 4.57. The van der Waals surface area contributed by atoms with Crippen molar-refractivity contribution in [1.82, 2.24) is 10.6 Å². The molecule has 1 aliphatic rings. The molecule has 6 heteroatoms. The summed E-state index contributed by atoms with van der Waals surface area (Å²) in [5, 5.41) is 14.6. The summed E-state index contributed by atoms with van der Waals surface area (Å²) in [4.78, 5) is 11.5. The molecule has 3 N–H and O–H groups in total. The zero-order valence-electron chi connectivity index (χ0n) is 9.78. The van der Waals surface area contributed by atoms with Crippen molar-refractivity contribution in [2.24, 2.45) is 5.92 Å². The monoisotopic (exact) mass is 274 g/mol. The maximum atomic E-state index is 13.3. The van der Waals surface area contributed by atoms with E-state index in [1.165, 1.54) is 12.1 Å². The van der Waals surface area contributed by atoms with Crippen LogP contribution in [0.15, 0.2) is 18.2 Å². The Hall–Kier alpha value is -1.17. The van der Waals surface area contributed by atoms with Crippen molar-refractivity contribution in [3.05, 3.63) is 35.1 Å². The molecule has 0 unspecified atom stereocenters. The highest BCUT2D eigenvalue weighted by atomic mass is 35.5. The van der Waals surface area contributed by atoms with Crippen LogP contribution in [-0.4, -0.2) is 24.1 Å². The predicted molar refractivity (Wildman–Crippen MR) is 67.8 cm³/mol. The lowest BCUT2D eigenvalue weighted by molar-refractivity contribution is -0.126. The summed E-state index contributed by atoms with van der Waals surface area (Å²) in [7, 11) is 0. The molecule has 1 aromatic carbocycles. The lowest BCUT2D eigenvalue weighted by atomic mass is 10.0. The maximum Gasteiger partial charge on any atom is 0.225 e. The van der Waals surface area contributed by atoms with Crippen LogP contribution in [0.1, 0.15) is 11.1 Å². The molecule has 0 aromatic heterocycles. The average molecular weight is 275 g/mol. The van der Waals surface area contributed by atoms with Gasteiger partial charge in [0.25, 0.3) is 0 Å². The molecule has 0 aliphatic carbocycles. The van der Waals surface area contributed by atoms with E-state index in [0.29, 0.717) is 25.2 Å². The molecule has 100 valence electrons. The summed E-state index contributed by atoms with van der Waals surface area (Å²) in [5.41, 5.74) is 0.962. The summed E-state index contributed by atoms with van der Waals surface area (Å²) in [6.45, 7) is 1.43. The quantitative estimate of drug-likeness (QED) is 0.753. The van der Waals surface area contributed by atoms with E-state index in [0.717, 1.165) is 0 Å². The van der Waals surface area contributed by atoms with E-state index < -0.39 is 5.82 Å². The van der Waals surface area contributed by atoms with Gasteiger partial charge in [0.1, 0.15) is 5.82 Å². The number of hydrogen-bond donors (Lipinski definition) is 3. The Bertz CT molecular complexity index is 425. The van der Waals surface area contributed by atoms with Crippen LogP contribution in [0.3, 0.4) is 0 Å².